The molecule has 0 radical (unpaired) electrons. The third-order valence-corrected chi connectivity index (χ3v) is 2.91. The van der Waals surface area contributed by atoms with Gasteiger partial charge in [-0.3, -0.25) is 4.79 Å². The second kappa shape index (κ2) is 4.95. The monoisotopic (exact) mass is 228 g/mol. The van der Waals surface area contributed by atoms with Crippen molar-refractivity contribution in [2.75, 3.05) is 0 Å². The Balaban J connectivity index is 2.59. The zero-order valence-corrected chi connectivity index (χ0v) is 10.2. The number of aromatic nitrogens is 2. The molecule has 1 heterocycles. The van der Waals surface area contributed by atoms with Crippen molar-refractivity contribution in [1.82, 2.24) is 9.97 Å². The normalized spacial score (nSPS) is 10.5. The van der Waals surface area contributed by atoms with Crippen molar-refractivity contribution in [3.63, 3.8) is 0 Å². The van der Waals surface area contributed by atoms with Crippen LogP contribution in [-0.2, 0) is 12.8 Å². The molecular weight excluding hydrogens is 212 g/mol. The van der Waals surface area contributed by atoms with Gasteiger partial charge in [-0.05, 0) is 24.5 Å². The van der Waals surface area contributed by atoms with Gasteiger partial charge in [0.1, 0.15) is 0 Å². The van der Waals surface area contributed by atoms with Crippen LogP contribution in [0.5, 0.6) is 0 Å². The highest BCUT2D eigenvalue weighted by atomic mass is 16.1. The number of aromatic amines is 1. The molecule has 1 N–H and O–H groups in total. The predicted molar refractivity (Wildman–Crippen MR) is 69.0 cm³/mol. The van der Waals surface area contributed by atoms with Gasteiger partial charge in [0.15, 0.2) is 0 Å². The maximum atomic E-state index is 11.7. The van der Waals surface area contributed by atoms with Gasteiger partial charge in [-0.15, -0.1) is 0 Å². The smallest absolute Gasteiger partial charge is 0.254 e. The van der Waals surface area contributed by atoms with E-state index in [1.54, 1.807) is 0 Å². The van der Waals surface area contributed by atoms with Crippen molar-refractivity contribution in [3.05, 3.63) is 52.1 Å². The molecule has 0 amide bonds. The molecule has 3 heteroatoms. The van der Waals surface area contributed by atoms with Gasteiger partial charge in [0.25, 0.3) is 5.56 Å². The molecule has 1 aromatic carbocycles. The van der Waals surface area contributed by atoms with Crippen molar-refractivity contribution in [1.29, 1.82) is 0 Å². The van der Waals surface area contributed by atoms with Crippen LogP contribution < -0.4 is 5.56 Å². The number of aryl methyl sites for hydroxylation is 1. The Morgan fingerprint density at radius 3 is 2.76 bits per heavy atom. The van der Waals surface area contributed by atoms with Gasteiger partial charge in [-0.1, -0.05) is 32.0 Å². The van der Waals surface area contributed by atoms with E-state index in [1.807, 2.05) is 19.1 Å². The van der Waals surface area contributed by atoms with Crippen LogP contribution in [0.15, 0.2) is 35.4 Å². The first-order valence-electron chi connectivity index (χ1n) is 5.92. The molecule has 0 aliphatic rings. The molecule has 0 saturated heterocycles. The van der Waals surface area contributed by atoms with E-state index in [-0.39, 0.29) is 5.56 Å². The highest BCUT2D eigenvalue weighted by molar-refractivity contribution is 5.63. The Morgan fingerprint density at radius 1 is 1.24 bits per heavy atom. The van der Waals surface area contributed by atoms with E-state index < -0.39 is 0 Å². The standard InChI is InChI=1S/C14H16N2O/c1-3-10-6-5-7-11(8-10)13-12(4-2)14(17)16-9-15-13/h5-9H,3-4H2,1-2H3,(H,15,16,17). The predicted octanol–water partition coefficient (Wildman–Crippen LogP) is 2.56. The third-order valence-electron chi connectivity index (χ3n) is 2.91. The SMILES string of the molecule is CCc1cccc(-c2nc[nH]c(=O)c2CC)c1. The summed E-state index contributed by atoms with van der Waals surface area (Å²) in [5, 5.41) is 0. The molecule has 2 rings (SSSR count). The zero-order valence-electron chi connectivity index (χ0n) is 10.2. The molecule has 0 aliphatic carbocycles. The number of rotatable bonds is 3. The van der Waals surface area contributed by atoms with Crippen LogP contribution in [0.1, 0.15) is 25.0 Å². The van der Waals surface area contributed by atoms with Gasteiger partial charge in [0.05, 0.1) is 12.0 Å². The minimum absolute atomic E-state index is 0.0422. The lowest BCUT2D eigenvalue weighted by Gasteiger charge is -2.06. The molecule has 0 atom stereocenters. The van der Waals surface area contributed by atoms with Crippen molar-refractivity contribution >= 4 is 0 Å². The Kier molecular flexibility index (Phi) is 3.38. The molecule has 0 saturated carbocycles. The van der Waals surface area contributed by atoms with Crippen LogP contribution in [0.4, 0.5) is 0 Å². The van der Waals surface area contributed by atoms with Gasteiger partial charge >= 0.3 is 0 Å². The fraction of sp³-hybridized carbons (Fsp3) is 0.286. The molecule has 0 aliphatic heterocycles. The van der Waals surface area contributed by atoms with Gasteiger partial charge in [-0.2, -0.15) is 0 Å². The molecule has 0 spiro atoms. The Morgan fingerprint density at radius 2 is 2.06 bits per heavy atom. The van der Waals surface area contributed by atoms with Crippen LogP contribution in [0.2, 0.25) is 0 Å². The summed E-state index contributed by atoms with van der Waals surface area (Å²) in [6, 6.07) is 8.19. The summed E-state index contributed by atoms with van der Waals surface area (Å²) in [6.45, 7) is 4.09. The second-order valence-corrected chi connectivity index (χ2v) is 3.97. The van der Waals surface area contributed by atoms with Gasteiger partial charge < -0.3 is 4.98 Å². The lowest BCUT2D eigenvalue weighted by Crippen LogP contribution is -2.14. The average Bonchev–Trinajstić information content (AvgIpc) is 2.38. The average molecular weight is 228 g/mol. The number of benzene rings is 1. The van der Waals surface area contributed by atoms with E-state index in [2.05, 4.69) is 29.0 Å². The first-order chi connectivity index (χ1) is 8.26. The summed E-state index contributed by atoms with van der Waals surface area (Å²) in [7, 11) is 0. The topological polar surface area (TPSA) is 45.8 Å². The number of nitrogens with zero attached hydrogens (tertiary/aromatic N) is 1. The summed E-state index contributed by atoms with van der Waals surface area (Å²) in [5.74, 6) is 0. The van der Waals surface area contributed by atoms with E-state index >= 15 is 0 Å². The summed E-state index contributed by atoms with van der Waals surface area (Å²) in [4.78, 5) is 18.6. The minimum atomic E-state index is -0.0422. The van der Waals surface area contributed by atoms with E-state index in [0.717, 1.165) is 23.2 Å². The lowest BCUT2D eigenvalue weighted by molar-refractivity contribution is 1.01. The lowest BCUT2D eigenvalue weighted by atomic mass is 10.0. The van der Waals surface area contributed by atoms with Gasteiger partial charge in [-0.25, -0.2) is 4.98 Å². The quantitative estimate of drug-likeness (QED) is 0.877. The maximum absolute atomic E-state index is 11.7. The number of nitrogens with one attached hydrogen (secondary N) is 1. The number of H-pyrrole nitrogens is 1. The van der Waals surface area contributed by atoms with Crippen molar-refractivity contribution in [2.24, 2.45) is 0 Å². The Bertz CT molecular complexity index is 572. The Labute approximate surface area is 101 Å². The molecule has 0 unspecified atom stereocenters. The molecule has 0 fully saturated rings. The summed E-state index contributed by atoms with van der Waals surface area (Å²) in [5.41, 5.74) is 3.78. The highest BCUT2D eigenvalue weighted by Crippen LogP contribution is 2.20. The first kappa shape index (κ1) is 11.6. The maximum Gasteiger partial charge on any atom is 0.254 e. The highest BCUT2D eigenvalue weighted by Gasteiger charge is 2.08. The van der Waals surface area contributed by atoms with E-state index in [9.17, 15) is 4.79 Å². The van der Waals surface area contributed by atoms with Crippen molar-refractivity contribution in [3.8, 4) is 11.3 Å². The van der Waals surface area contributed by atoms with Crippen LogP contribution >= 0.6 is 0 Å². The third kappa shape index (κ3) is 2.28. The minimum Gasteiger partial charge on any atom is -0.313 e. The van der Waals surface area contributed by atoms with E-state index in [0.29, 0.717) is 6.42 Å². The largest absolute Gasteiger partial charge is 0.313 e. The molecule has 3 nitrogen and oxygen atoms in total. The molecular formula is C14H16N2O. The fourth-order valence-corrected chi connectivity index (χ4v) is 1.94. The van der Waals surface area contributed by atoms with E-state index in [1.165, 1.54) is 11.9 Å². The van der Waals surface area contributed by atoms with Gasteiger partial charge in [0.2, 0.25) is 0 Å². The van der Waals surface area contributed by atoms with Gasteiger partial charge in [0, 0.05) is 11.1 Å². The molecule has 2 aromatic rings. The van der Waals surface area contributed by atoms with Crippen molar-refractivity contribution in [2.45, 2.75) is 26.7 Å². The summed E-state index contributed by atoms with van der Waals surface area (Å²) < 4.78 is 0. The summed E-state index contributed by atoms with van der Waals surface area (Å²) in [6.07, 6.45) is 3.14. The zero-order chi connectivity index (χ0) is 12.3. The molecule has 0 bridgehead atoms. The Hall–Kier alpha value is -1.90. The van der Waals surface area contributed by atoms with Crippen molar-refractivity contribution < 1.29 is 0 Å². The first-order valence-corrected chi connectivity index (χ1v) is 5.92. The summed E-state index contributed by atoms with van der Waals surface area (Å²) >= 11 is 0. The number of hydrogen-bond donors (Lipinski definition) is 1. The van der Waals surface area contributed by atoms with Crippen LogP contribution in [0.25, 0.3) is 11.3 Å². The molecule has 17 heavy (non-hydrogen) atoms. The molecule has 1 aromatic heterocycles. The second-order valence-electron chi connectivity index (χ2n) is 3.97. The van der Waals surface area contributed by atoms with Crippen LogP contribution in [0, 0.1) is 0 Å². The van der Waals surface area contributed by atoms with E-state index in [4.69, 9.17) is 0 Å². The fourth-order valence-electron chi connectivity index (χ4n) is 1.94. The van der Waals surface area contributed by atoms with Crippen LogP contribution in [-0.4, -0.2) is 9.97 Å². The molecule has 88 valence electrons. The van der Waals surface area contributed by atoms with Crippen LogP contribution in [0.3, 0.4) is 0 Å². The number of hydrogen-bond acceptors (Lipinski definition) is 2.